The molecule has 1 amide bonds. The zero-order valence-electron chi connectivity index (χ0n) is 13.1. The van der Waals surface area contributed by atoms with Crippen LogP contribution in [0.15, 0.2) is 54.6 Å². The summed E-state index contributed by atoms with van der Waals surface area (Å²) in [5, 5.41) is 6.30. The largest absolute Gasteiger partial charge is 0.385 e. The molecule has 0 fully saturated rings. The van der Waals surface area contributed by atoms with Crippen LogP contribution in [-0.4, -0.2) is 12.5 Å². The number of amides is 1. The van der Waals surface area contributed by atoms with E-state index in [0.29, 0.717) is 6.42 Å². The molecule has 0 heterocycles. The zero-order chi connectivity index (χ0) is 15.6. The van der Waals surface area contributed by atoms with Gasteiger partial charge in [0.25, 0.3) is 0 Å². The Kier molecular flexibility index (Phi) is 6.49. The van der Waals surface area contributed by atoms with Crippen molar-refractivity contribution in [3.63, 3.8) is 0 Å². The van der Waals surface area contributed by atoms with Gasteiger partial charge in [-0.1, -0.05) is 43.7 Å². The van der Waals surface area contributed by atoms with Crippen molar-refractivity contribution in [3.05, 3.63) is 60.2 Å². The molecule has 3 nitrogen and oxygen atoms in total. The summed E-state index contributed by atoms with van der Waals surface area (Å²) in [5.41, 5.74) is 3.13. The van der Waals surface area contributed by atoms with Crippen molar-refractivity contribution in [3.8, 4) is 0 Å². The third kappa shape index (κ3) is 5.60. The normalized spacial score (nSPS) is 10.2. The van der Waals surface area contributed by atoms with Gasteiger partial charge >= 0.3 is 0 Å². The first-order valence-electron chi connectivity index (χ1n) is 7.95. The number of hydrogen-bond donors (Lipinski definition) is 2. The Morgan fingerprint density at radius 3 is 2.32 bits per heavy atom. The molecule has 3 heteroatoms. The van der Waals surface area contributed by atoms with Gasteiger partial charge in [-0.05, 0) is 42.7 Å². The number of rotatable bonds is 8. The molecule has 2 aromatic rings. The molecule has 0 unspecified atom stereocenters. The molecule has 0 aliphatic heterocycles. The minimum Gasteiger partial charge on any atom is -0.385 e. The molecule has 0 saturated carbocycles. The van der Waals surface area contributed by atoms with Crippen molar-refractivity contribution in [2.45, 2.75) is 32.6 Å². The summed E-state index contributed by atoms with van der Waals surface area (Å²) >= 11 is 0. The van der Waals surface area contributed by atoms with Crippen molar-refractivity contribution in [1.29, 1.82) is 0 Å². The van der Waals surface area contributed by atoms with Gasteiger partial charge in [-0.15, -0.1) is 0 Å². The van der Waals surface area contributed by atoms with Gasteiger partial charge in [0.2, 0.25) is 5.91 Å². The Hall–Kier alpha value is -2.29. The monoisotopic (exact) mass is 296 g/mol. The number of carbonyl (C=O) groups is 1. The lowest BCUT2D eigenvalue weighted by Crippen LogP contribution is -2.12. The molecule has 0 aromatic heterocycles. The van der Waals surface area contributed by atoms with E-state index in [2.05, 4.69) is 17.6 Å². The summed E-state index contributed by atoms with van der Waals surface area (Å²) in [7, 11) is 0. The van der Waals surface area contributed by atoms with Gasteiger partial charge in [0.1, 0.15) is 0 Å². The lowest BCUT2D eigenvalue weighted by atomic mass is 10.1. The fourth-order valence-electron chi connectivity index (χ4n) is 2.21. The molecule has 0 saturated heterocycles. The molecule has 116 valence electrons. The number of benzene rings is 2. The van der Waals surface area contributed by atoms with Gasteiger partial charge < -0.3 is 10.6 Å². The van der Waals surface area contributed by atoms with E-state index in [9.17, 15) is 4.79 Å². The van der Waals surface area contributed by atoms with Crippen LogP contribution < -0.4 is 10.6 Å². The van der Waals surface area contributed by atoms with Gasteiger partial charge in [0.05, 0.1) is 0 Å². The van der Waals surface area contributed by atoms with Crippen LogP contribution in [-0.2, 0) is 11.2 Å². The fraction of sp³-hybridized carbons (Fsp3) is 0.316. The first-order chi connectivity index (χ1) is 10.8. The predicted molar refractivity (Wildman–Crippen MR) is 93.2 cm³/mol. The van der Waals surface area contributed by atoms with Crippen LogP contribution in [0.4, 0.5) is 11.4 Å². The maximum Gasteiger partial charge on any atom is 0.224 e. The van der Waals surface area contributed by atoms with Gasteiger partial charge in [-0.2, -0.15) is 0 Å². The van der Waals surface area contributed by atoms with E-state index in [0.717, 1.165) is 30.8 Å². The van der Waals surface area contributed by atoms with E-state index in [1.54, 1.807) is 0 Å². The molecular formula is C19H24N2O. The van der Waals surface area contributed by atoms with Crippen molar-refractivity contribution in [2.24, 2.45) is 0 Å². The Labute approximate surface area is 132 Å². The third-order valence-electron chi connectivity index (χ3n) is 3.51. The second-order valence-electron chi connectivity index (χ2n) is 5.39. The first kappa shape index (κ1) is 16.1. The number of anilines is 2. The molecular weight excluding hydrogens is 272 g/mol. The fourth-order valence-corrected chi connectivity index (χ4v) is 2.21. The lowest BCUT2D eigenvalue weighted by molar-refractivity contribution is -0.116. The number of unbranched alkanes of at least 4 members (excludes halogenated alkanes) is 1. The highest BCUT2D eigenvalue weighted by Crippen LogP contribution is 2.14. The van der Waals surface area contributed by atoms with Crippen LogP contribution in [0.25, 0.3) is 0 Å². The lowest BCUT2D eigenvalue weighted by Gasteiger charge is -2.08. The Morgan fingerprint density at radius 2 is 1.64 bits per heavy atom. The predicted octanol–water partition coefficient (Wildman–Crippen LogP) is 4.47. The second-order valence-corrected chi connectivity index (χ2v) is 5.39. The minimum absolute atomic E-state index is 0.0514. The maximum absolute atomic E-state index is 12.0. The smallest absolute Gasteiger partial charge is 0.224 e. The molecule has 0 aliphatic rings. The Balaban J connectivity index is 1.76. The number of hydrogen-bond acceptors (Lipinski definition) is 2. The van der Waals surface area contributed by atoms with E-state index >= 15 is 0 Å². The summed E-state index contributed by atoms with van der Waals surface area (Å²) in [4.78, 5) is 12.0. The number of carbonyl (C=O) groups excluding carboxylic acids is 1. The number of aryl methyl sites for hydroxylation is 1. The van der Waals surface area contributed by atoms with E-state index < -0.39 is 0 Å². The van der Waals surface area contributed by atoms with Crippen LogP contribution in [0.5, 0.6) is 0 Å². The van der Waals surface area contributed by atoms with Crippen molar-refractivity contribution < 1.29 is 4.79 Å². The SMILES string of the molecule is CCCCNc1ccc(NC(=O)CCc2ccccc2)cc1. The summed E-state index contributed by atoms with van der Waals surface area (Å²) in [6, 6.07) is 18.0. The standard InChI is InChI=1S/C19H24N2O/c1-2-3-15-20-17-10-12-18(13-11-17)21-19(22)14-9-16-7-5-4-6-8-16/h4-8,10-13,20H,2-3,9,14-15H2,1H3,(H,21,22). The highest BCUT2D eigenvalue weighted by Gasteiger charge is 2.03. The molecule has 2 N–H and O–H groups in total. The average Bonchev–Trinajstić information content (AvgIpc) is 2.56. The Bertz CT molecular complexity index is 564. The zero-order valence-corrected chi connectivity index (χ0v) is 13.1. The topological polar surface area (TPSA) is 41.1 Å². The highest BCUT2D eigenvalue weighted by atomic mass is 16.1. The molecule has 2 aromatic carbocycles. The van der Waals surface area contributed by atoms with E-state index in [4.69, 9.17) is 0 Å². The minimum atomic E-state index is 0.0514. The third-order valence-corrected chi connectivity index (χ3v) is 3.51. The Morgan fingerprint density at radius 1 is 0.955 bits per heavy atom. The van der Waals surface area contributed by atoms with Crippen LogP contribution in [0.3, 0.4) is 0 Å². The summed E-state index contributed by atoms with van der Waals surface area (Å²) < 4.78 is 0. The molecule has 22 heavy (non-hydrogen) atoms. The first-order valence-corrected chi connectivity index (χ1v) is 7.95. The summed E-state index contributed by atoms with van der Waals surface area (Å²) in [5.74, 6) is 0.0514. The van der Waals surface area contributed by atoms with Crippen LogP contribution in [0.2, 0.25) is 0 Å². The van der Waals surface area contributed by atoms with E-state index in [-0.39, 0.29) is 5.91 Å². The van der Waals surface area contributed by atoms with Crippen molar-refractivity contribution in [1.82, 2.24) is 0 Å². The van der Waals surface area contributed by atoms with E-state index in [1.807, 2.05) is 54.6 Å². The number of nitrogens with one attached hydrogen (secondary N) is 2. The molecule has 0 atom stereocenters. The van der Waals surface area contributed by atoms with Crippen molar-refractivity contribution in [2.75, 3.05) is 17.2 Å². The molecule has 0 spiro atoms. The van der Waals surface area contributed by atoms with Crippen LogP contribution >= 0.6 is 0 Å². The molecule has 0 bridgehead atoms. The van der Waals surface area contributed by atoms with Crippen LogP contribution in [0, 0.1) is 0 Å². The van der Waals surface area contributed by atoms with Gasteiger partial charge in [-0.3, -0.25) is 4.79 Å². The van der Waals surface area contributed by atoms with E-state index in [1.165, 1.54) is 12.0 Å². The quantitative estimate of drug-likeness (QED) is 0.706. The van der Waals surface area contributed by atoms with Crippen LogP contribution in [0.1, 0.15) is 31.7 Å². The molecule has 0 radical (unpaired) electrons. The van der Waals surface area contributed by atoms with Gasteiger partial charge in [0, 0.05) is 24.3 Å². The molecule has 2 rings (SSSR count). The second kappa shape index (κ2) is 8.88. The molecule has 0 aliphatic carbocycles. The van der Waals surface area contributed by atoms with Gasteiger partial charge in [0.15, 0.2) is 0 Å². The highest BCUT2D eigenvalue weighted by molar-refractivity contribution is 5.91. The summed E-state index contributed by atoms with van der Waals surface area (Å²) in [6.07, 6.45) is 3.62. The summed E-state index contributed by atoms with van der Waals surface area (Å²) in [6.45, 7) is 3.16. The average molecular weight is 296 g/mol. The van der Waals surface area contributed by atoms with Gasteiger partial charge in [-0.25, -0.2) is 0 Å². The maximum atomic E-state index is 12.0. The van der Waals surface area contributed by atoms with Crippen molar-refractivity contribution >= 4 is 17.3 Å².